The van der Waals surface area contributed by atoms with Gasteiger partial charge in [0.05, 0.1) is 14.2 Å². The number of hydrogen-bond donors (Lipinski definition) is 3. The van der Waals surface area contributed by atoms with Gasteiger partial charge in [0.15, 0.2) is 11.5 Å². The first-order chi connectivity index (χ1) is 10.7. The number of H-pyrrole nitrogens is 1. The second kappa shape index (κ2) is 7.23. The minimum Gasteiger partial charge on any atom is -0.493 e. The highest BCUT2D eigenvalue weighted by Crippen LogP contribution is 2.30. The quantitative estimate of drug-likeness (QED) is 0.398. The average molecular weight is 303 g/mol. The number of benzene rings is 1. The summed E-state index contributed by atoms with van der Waals surface area (Å²) in [6.45, 7) is 4.07. The highest BCUT2D eigenvalue weighted by molar-refractivity contribution is 5.61. The van der Waals surface area contributed by atoms with Crippen LogP contribution in [0.2, 0.25) is 0 Å². The van der Waals surface area contributed by atoms with E-state index in [4.69, 9.17) is 9.47 Å². The third-order valence-electron chi connectivity index (χ3n) is 2.75. The molecule has 8 nitrogen and oxygen atoms in total. The Balaban J connectivity index is 2.35. The molecule has 0 aliphatic carbocycles. The summed E-state index contributed by atoms with van der Waals surface area (Å²) in [5, 5.41) is 0. The second-order valence-corrected chi connectivity index (χ2v) is 4.19. The van der Waals surface area contributed by atoms with E-state index in [1.807, 2.05) is 0 Å². The lowest BCUT2D eigenvalue weighted by atomic mass is 10.2. The molecular formula is C14H17N5O3. The summed E-state index contributed by atoms with van der Waals surface area (Å²) in [4.78, 5) is 22.2. The standard InChI is InChI=1S/C14H17N5O3/c1-4-7-15-19-13-16-12(17-14(20)18-13)9-5-6-10(21-2)11(8-9)22-3/h4-6,8,15H,1,7H2,2-3H3,(H2,16,17,18,19,20). The average Bonchev–Trinajstić information content (AvgIpc) is 2.54. The number of hydrogen-bond acceptors (Lipinski definition) is 7. The van der Waals surface area contributed by atoms with Gasteiger partial charge in [0.2, 0.25) is 5.95 Å². The van der Waals surface area contributed by atoms with E-state index in [9.17, 15) is 4.79 Å². The Labute approximate surface area is 127 Å². The molecule has 0 amide bonds. The Kier molecular flexibility index (Phi) is 5.10. The molecular weight excluding hydrogens is 286 g/mol. The molecule has 0 atom stereocenters. The Morgan fingerprint density at radius 1 is 1.27 bits per heavy atom. The summed E-state index contributed by atoms with van der Waals surface area (Å²) in [6, 6.07) is 5.22. The van der Waals surface area contributed by atoms with Crippen molar-refractivity contribution in [3.63, 3.8) is 0 Å². The zero-order valence-corrected chi connectivity index (χ0v) is 12.3. The van der Waals surface area contributed by atoms with Crippen molar-refractivity contribution < 1.29 is 9.47 Å². The molecule has 0 spiro atoms. The fourth-order valence-electron chi connectivity index (χ4n) is 1.76. The molecule has 0 unspecified atom stereocenters. The Bertz CT molecular complexity index is 714. The molecule has 0 saturated carbocycles. The monoisotopic (exact) mass is 303 g/mol. The van der Waals surface area contributed by atoms with Crippen LogP contribution in [0.25, 0.3) is 11.4 Å². The fourth-order valence-corrected chi connectivity index (χ4v) is 1.76. The molecule has 8 heteroatoms. The van der Waals surface area contributed by atoms with Crippen molar-refractivity contribution in [3.8, 4) is 22.9 Å². The zero-order chi connectivity index (χ0) is 15.9. The van der Waals surface area contributed by atoms with Crippen molar-refractivity contribution in [1.29, 1.82) is 0 Å². The van der Waals surface area contributed by atoms with E-state index in [2.05, 4.69) is 32.4 Å². The summed E-state index contributed by atoms with van der Waals surface area (Å²) in [6.07, 6.45) is 1.66. The van der Waals surface area contributed by atoms with Gasteiger partial charge in [-0.2, -0.15) is 9.97 Å². The van der Waals surface area contributed by atoms with Gasteiger partial charge in [0.25, 0.3) is 0 Å². The molecule has 0 saturated heterocycles. The lowest BCUT2D eigenvalue weighted by Gasteiger charge is -2.10. The van der Waals surface area contributed by atoms with Crippen LogP contribution in [0.5, 0.6) is 11.5 Å². The first-order valence-corrected chi connectivity index (χ1v) is 6.48. The van der Waals surface area contributed by atoms with E-state index in [0.717, 1.165) is 0 Å². The Morgan fingerprint density at radius 2 is 2.05 bits per heavy atom. The molecule has 3 N–H and O–H groups in total. The molecule has 0 radical (unpaired) electrons. The summed E-state index contributed by atoms with van der Waals surface area (Å²) in [5.41, 5.74) is 5.69. The van der Waals surface area contributed by atoms with Gasteiger partial charge >= 0.3 is 5.69 Å². The number of methoxy groups -OCH3 is 2. The highest BCUT2D eigenvalue weighted by Gasteiger charge is 2.09. The maximum Gasteiger partial charge on any atom is 0.349 e. The number of ether oxygens (including phenoxy) is 2. The van der Waals surface area contributed by atoms with Crippen molar-refractivity contribution in [1.82, 2.24) is 20.4 Å². The second-order valence-electron chi connectivity index (χ2n) is 4.19. The highest BCUT2D eigenvalue weighted by atomic mass is 16.5. The smallest absolute Gasteiger partial charge is 0.349 e. The van der Waals surface area contributed by atoms with E-state index in [1.54, 1.807) is 31.4 Å². The van der Waals surface area contributed by atoms with Gasteiger partial charge in [-0.25, -0.2) is 10.2 Å². The lowest BCUT2D eigenvalue weighted by molar-refractivity contribution is 0.355. The fraction of sp³-hybridized carbons (Fsp3) is 0.214. The molecule has 22 heavy (non-hydrogen) atoms. The Hall–Kier alpha value is -2.87. The van der Waals surface area contributed by atoms with E-state index in [-0.39, 0.29) is 5.95 Å². The van der Waals surface area contributed by atoms with Gasteiger partial charge in [-0.3, -0.25) is 10.4 Å². The van der Waals surface area contributed by atoms with Crippen molar-refractivity contribution in [2.24, 2.45) is 0 Å². The van der Waals surface area contributed by atoms with E-state index < -0.39 is 5.69 Å². The van der Waals surface area contributed by atoms with Gasteiger partial charge in [0.1, 0.15) is 5.82 Å². The number of hydrazine groups is 1. The predicted octanol–water partition coefficient (Wildman–Crippen LogP) is 0.952. The van der Waals surface area contributed by atoms with Gasteiger partial charge in [-0.1, -0.05) is 6.08 Å². The van der Waals surface area contributed by atoms with Gasteiger partial charge in [-0.05, 0) is 18.2 Å². The van der Waals surface area contributed by atoms with Crippen LogP contribution in [0.4, 0.5) is 5.95 Å². The summed E-state index contributed by atoms with van der Waals surface area (Å²) in [7, 11) is 3.09. The van der Waals surface area contributed by atoms with Crippen LogP contribution in [-0.4, -0.2) is 35.7 Å². The molecule has 1 aromatic heterocycles. The molecule has 0 aliphatic heterocycles. The molecule has 0 fully saturated rings. The number of aromatic amines is 1. The van der Waals surface area contributed by atoms with E-state index in [1.165, 1.54) is 7.11 Å². The summed E-state index contributed by atoms with van der Waals surface area (Å²) in [5.74, 6) is 1.66. The SMILES string of the molecule is C=CCNNc1nc(-c2ccc(OC)c(OC)c2)[nH]c(=O)n1. The zero-order valence-electron chi connectivity index (χ0n) is 12.3. The first kappa shape index (κ1) is 15.5. The summed E-state index contributed by atoms with van der Waals surface area (Å²) < 4.78 is 10.4. The van der Waals surface area contributed by atoms with Crippen molar-refractivity contribution in [3.05, 3.63) is 41.3 Å². The van der Waals surface area contributed by atoms with Crippen LogP contribution in [0.3, 0.4) is 0 Å². The van der Waals surface area contributed by atoms with Gasteiger partial charge in [-0.15, -0.1) is 6.58 Å². The van der Waals surface area contributed by atoms with E-state index in [0.29, 0.717) is 29.4 Å². The van der Waals surface area contributed by atoms with Crippen LogP contribution >= 0.6 is 0 Å². The topological polar surface area (TPSA) is 101 Å². The predicted molar refractivity (Wildman–Crippen MR) is 83.0 cm³/mol. The van der Waals surface area contributed by atoms with Crippen LogP contribution in [0, 0.1) is 0 Å². The molecule has 1 heterocycles. The molecule has 116 valence electrons. The largest absolute Gasteiger partial charge is 0.493 e. The van der Waals surface area contributed by atoms with E-state index >= 15 is 0 Å². The molecule has 0 aliphatic rings. The molecule has 2 rings (SSSR count). The summed E-state index contributed by atoms with van der Waals surface area (Å²) >= 11 is 0. The number of nitrogens with zero attached hydrogens (tertiary/aromatic N) is 2. The van der Waals surface area contributed by atoms with Crippen LogP contribution < -0.4 is 26.0 Å². The maximum absolute atomic E-state index is 11.6. The van der Waals surface area contributed by atoms with Crippen LogP contribution in [-0.2, 0) is 0 Å². The van der Waals surface area contributed by atoms with Gasteiger partial charge in [0, 0.05) is 12.1 Å². The van der Waals surface area contributed by atoms with Crippen LogP contribution in [0.15, 0.2) is 35.6 Å². The minimum atomic E-state index is -0.511. The normalized spacial score (nSPS) is 10.1. The van der Waals surface area contributed by atoms with Gasteiger partial charge < -0.3 is 9.47 Å². The number of aromatic nitrogens is 3. The third kappa shape index (κ3) is 3.61. The number of rotatable bonds is 7. The molecule has 1 aromatic carbocycles. The third-order valence-corrected chi connectivity index (χ3v) is 2.75. The molecule has 2 aromatic rings. The molecule has 0 bridgehead atoms. The van der Waals surface area contributed by atoms with Crippen molar-refractivity contribution in [2.75, 3.05) is 26.2 Å². The lowest BCUT2D eigenvalue weighted by Crippen LogP contribution is -2.26. The minimum absolute atomic E-state index is 0.162. The number of anilines is 1. The maximum atomic E-state index is 11.6. The Morgan fingerprint density at radius 3 is 2.73 bits per heavy atom. The van der Waals surface area contributed by atoms with Crippen molar-refractivity contribution in [2.45, 2.75) is 0 Å². The first-order valence-electron chi connectivity index (χ1n) is 6.48. The van der Waals surface area contributed by atoms with Crippen molar-refractivity contribution >= 4 is 5.95 Å². The van der Waals surface area contributed by atoms with Crippen LogP contribution in [0.1, 0.15) is 0 Å². The number of nitrogens with one attached hydrogen (secondary N) is 3.